The SMILES string of the molecule is CC(C)C1(c2cccc(Br)c2F)CCCN1. The molecule has 0 aliphatic carbocycles. The standard InChI is InChI=1S/C13H17BrFN/c1-9(2)13(7-4-8-16-13)10-5-3-6-11(14)12(10)15/h3,5-6,9,16H,4,7-8H2,1-2H3. The summed E-state index contributed by atoms with van der Waals surface area (Å²) in [4.78, 5) is 0. The molecule has 1 aliphatic rings. The van der Waals surface area contributed by atoms with E-state index < -0.39 is 0 Å². The average molecular weight is 286 g/mol. The number of rotatable bonds is 2. The molecule has 2 rings (SSSR count). The van der Waals surface area contributed by atoms with Crippen molar-refractivity contribution in [2.75, 3.05) is 6.54 Å². The Kier molecular flexibility index (Phi) is 3.36. The normalized spacial score (nSPS) is 25.3. The third-order valence-electron chi connectivity index (χ3n) is 3.61. The molecule has 0 aromatic heterocycles. The fourth-order valence-corrected chi connectivity index (χ4v) is 3.02. The van der Waals surface area contributed by atoms with E-state index in [0.29, 0.717) is 10.4 Å². The molecular formula is C13H17BrFN. The maximum atomic E-state index is 14.2. The third-order valence-corrected chi connectivity index (χ3v) is 4.22. The maximum absolute atomic E-state index is 14.2. The van der Waals surface area contributed by atoms with E-state index in [1.54, 1.807) is 6.07 Å². The first kappa shape index (κ1) is 12.1. The van der Waals surface area contributed by atoms with E-state index in [1.165, 1.54) is 0 Å². The summed E-state index contributed by atoms with van der Waals surface area (Å²) in [5.74, 6) is 0.268. The second kappa shape index (κ2) is 4.46. The summed E-state index contributed by atoms with van der Waals surface area (Å²) >= 11 is 3.26. The van der Waals surface area contributed by atoms with Gasteiger partial charge in [0.05, 0.1) is 4.47 Å². The number of hydrogen-bond acceptors (Lipinski definition) is 1. The lowest BCUT2D eigenvalue weighted by molar-refractivity contribution is 0.267. The van der Waals surface area contributed by atoms with Crippen molar-refractivity contribution in [3.63, 3.8) is 0 Å². The van der Waals surface area contributed by atoms with E-state index in [-0.39, 0.29) is 11.4 Å². The van der Waals surface area contributed by atoms with Crippen molar-refractivity contribution < 1.29 is 4.39 Å². The van der Waals surface area contributed by atoms with Gasteiger partial charge in [-0.15, -0.1) is 0 Å². The highest BCUT2D eigenvalue weighted by Gasteiger charge is 2.40. The van der Waals surface area contributed by atoms with Gasteiger partial charge in [-0.2, -0.15) is 0 Å². The predicted octanol–water partition coefficient (Wildman–Crippen LogP) is 3.82. The van der Waals surface area contributed by atoms with Gasteiger partial charge >= 0.3 is 0 Å². The quantitative estimate of drug-likeness (QED) is 0.871. The lowest BCUT2D eigenvalue weighted by Crippen LogP contribution is -2.42. The molecule has 0 bridgehead atoms. The topological polar surface area (TPSA) is 12.0 Å². The van der Waals surface area contributed by atoms with Crippen LogP contribution in [-0.4, -0.2) is 6.54 Å². The Morgan fingerprint density at radius 2 is 2.19 bits per heavy atom. The van der Waals surface area contributed by atoms with Crippen LogP contribution in [0.1, 0.15) is 32.3 Å². The third kappa shape index (κ3) is 1.80. The monoisotopic (exact) mass is 285 g/mol. The lowest BCUT2D eigenvalue weighted by Gasteiger charge is -2.35. The largest absolute Gasteiger partial charge is 0.307 e. The minimum Gasteiger partial charge on any atom is -0.307 e. The second-order valence-corrected chi connectivity index (χ2v) is 5.61. The van der Waals surface area contributed by atoms with Crippen LogP contribution in [0.2, 0.25) is 0 Å². The number of halogens is 2. The molecule has 16 heavy (non-hydrogen) atoms. The highest BCUT2D eigenvalue weighted by atomic mass is 79.9. The Balaban J connectivity index is 2.51. The van der Waals surface area contributed by atoms with E-state index >= 15 is 0 Å². The summed E-state index contributed by atoms with van der Waals surface area (Å²) in [6, 6.07) is 5.56. The zero-order valence-corrected chi connectivity index (χ0v) is 11.3. The Bertz CT molecular complexity index is 384. The molecule has 1 fully saturated rings. The molecule has 1 aromatic rings. The minimum atomic E-state index is -0.187. The van der Waals surface area contributed by atoms with Crippen LogP contribution < -0.4 is 5.32 Å². The zero-order chi connectivity index (χ0) is 11.8. The van der Waals surface area contributed by atoms with Crippen molar-refractivity contribution >= 4 is 15.9 Å². The Morgan fingerprint density at radius 1 is 1.44 bits per heavy atom. The van der Waals surface area contributed by atoms with Crippen molar-refractivity contribution in [3.8, 4) is 0 Å². The average Bonchev–Trinajstić information content (AvgIpc) is 2.72. The number of nitrogens with one attached hydrogen (secondary N) is 1. The van der Waals surface area contributed by atoms with E-state index in [0.717, 1.165) is 24.9 Å². The van der Waals surface area contributed by atoms with Crippen molar-refractivity contribution in [3.05, 3.63) is 34.1 Å². The molecule has 1 atom stereocenters. The highest BCUT2D eigenvalue weighted by molar-refractivity contribution is 9.10. The molecule has 1 saturated heterocycles. The fraction of sp³-hybridized carbons (Fsp3) is 0.538. The van der Waals surface area contributed by atoms with Gasteiger partial charge in [-0.1, -0.05) is 26.0 Å². The van der Waals surface area contributed by atoms with E-state index in [9.17, 15) is 4.39 Å². The Morgan fingerprint density at radius 3 is 2.75 bits per heavy atom. The van der Waals surface area contributed by atoms with Crippen LogP contribution >= 0.6 is 15.9 Å². The zero-order valence-electron chi connectivity index (χ0n) is 9.69. The molecule has 88 valence electrons. The molecule has 1 heterocycles. The van der Waals surface area contributed by atoms with Crippen molar-refractivity contribution in [1.29, 1.82) is 0 Å². The van der Waals surface area contributed by atoms with Crippen LogP contribution in [0.15, 0.2) is 22.7 Å². The fourth-order valence-electron chi connectivity index (χ4n) is 2.65. The predicted molar refractivity (Wildman–Crippen MR) is 67.9 cm³/mol. The van der Waals surface area contributed by atoms with Gasteiger partial charge in [0.25, 0.3) is 0 Å². The van der Waals surface area contributed by atoms with Gasteiger partial charge < -0.3 is 5.32 Å². The molecule has 0 spiro atoms. The van der Waals surface area contributed by atoms with Crippen molar-refractivity contribution in [1.82, 2.24) is 5.32 Å². The van der Waals surface area contributed by atoms with Crippen molar-refractivity contribution in [2.24, 2.45) is 5.92 Å². The summed E-state index contributed by atoms with van der Waals surface area (Å²) in [5, 5.41) is 3.49. The molecule has 1 N–H and O–H groups in total. The lowest BCUT2D eigenvalue weighted by atomic mass is 9.78. The van der Waals surface area contributed by atoms with E-state index in [4.69, 9.17) is 0 Å². The Hall–Kier alpha value is -0.410. The molecule has 3 heteroatoms. The summed E-state index contributed by atoms with van der Waals surface area (Å²) in [6.45, 7) is 5.28. The minimum absolute atomic E-state index is 0.120. The molecule has 0 saturated carbocycles. The molecule has 0 amide bonds. The second-order valence-electron chi connectivity index (χ2n) is 4.76. The van der Waals surface area contributed by atoms with Gasteiger partial charge in [0.2, 0.25) is 0 Å². The summed E-state index contributed by atoms with van der Waals surface area (Å²) in [6.07, 6.45) is 2.13. The van der Waals surface area contributed by atoms with Gasteiger partial charge in [0.15, 0.2) is 0 Å². The van der Waals surface area contributed by atoms with Crippen LogP contribution in [0.5, 0.6) is 0 Å². The van der Waals surface area contributed by atoms with E-state index in [1.807, 2.05) is 12.1 Å². The Labute approximate surface area is 105 Å². The van der Waals surface area contributed by atoms with Crippen LogP contribution in [0, 0.1) is 11.7 Å². The number of hydrogen-bond donors (Lipinski definition) is 1. The van der Waals surface area contributed by atoms with Crippen LogP contribution in [0.4, 0.5) is 4.39 Å². The van der Waals surface area contributed by atoms with Gasteiger partial charge in [-0.05, 0) is 47.3 Å². The molecule has 1 nitrogen and oxygen atoms in total. The molecule has 1 unspecified atom stereocenters. The maximum Gasteiger partial charge on any atom is 0.142 e. The van der Waals surface area contributed by atoms with Crippen LogP contribution in [-0.2, 0) is 5.54 Å². The molecule has 1 aliphatic heterocycles. The van der Waals surface area contributed by atoms with Crippen LogP contribution in [0.25, 0.3) is 0 Å². The smallest absolute Gasteiger partial charge is 0.142 e. The molecular weight excluding hydrogens is 269 g/mol. The van der Waals surface area contributed by atoms with E-state index in [2.05, 4.69) is 35.1 Å². The van der Waals surface area contributed by atoms with Crippen LogP contribution in [0.3, 0.4) is 0 Å². The first-order valence-corrected chi connectivity index (χ1v) is 6.57. The summed E-state index contributed by atoms with van der Waals surface area (Å²) in [7, 11) is 0. The first-order valence-electron chi connectivity index (χ1n) is 5.77. The molecule has 1 aromatic carbocycles. The van der Waals surface area contributed by atoms with Gasteiger partial charge in [-0.3, -0.25) is 0 Å². The molecule has 0 radical (unpaired) electrons. The summed E-state index contributed by atoms with van der Waals surface area (Å²) < 4.78 is 14.7. The van der Waals surface area contributed by atoms with Gasteiger partial charge in [0.1, 0.15) is 5.82 Å². The highest BCUT2D eigenvalue weighted by Crippen LogP contribution is 2.40. The number of benzene rings is 1. The summed E-state index contributed by atoms with van der Waals surface area (Å²) in [5.41, 5.74) is 0.614. The first-order chi connectivity index (χ1) is 7.58. The van der Waals surface area contributed by atoms with Crippen molar-refractivity contribution in [2.45, 2.75) is 32.2 Å². The van der Waals surface area contributed by atoms with Gasteiger partial charge in [-0.25, -0.2) is 4.39 Å². The van der Waals surface area contributed by atoms with Gasteiger partial charge in [0, 0.05) is 11.1 Å².